The second kappa shape index (κ2) is 8.98. The van der Waals surface area contributed by atoms with Gasteiger partial charge in [-0.1, -0.05) is 29.8 Å². The van der Waals surface area contributed by atoms with Gasteiger partial charge in [0.15, 0.2) is 11.6 Å². The minimum atomic E-state index is -1.03. The summed E-state index contributed by atoms with van der Waals surface area (Å²) in [5.74, 6) is -4.21. The number of ketones is 2. The molecular weight excluding hydrogens is 466 g/mol. The summed E-state index contributed by atoms with van der Waals surface area (Å²) in [4.78, 5) is 65.7. The summed E-state index contributed by atoms with van der Waals surface area (Å²) in [6, 6.07) is 7.07. The van der Waals surface area contributed by atoms with Crippen LogP contribution in [0.2, 0.25) is 0 Å². The molecule has 1 N–H and O–H groups in total. The Bertz CT molecular complexity index is 1300. The third-order valence-electron chi connectivity index (χ3n) is 7.50. The summed E-state index contributed by atoms with van der Waals surface area (Å²) in [5.41, 5.74) is 2.35. The number of methoxy groups -OCH3 is 1. The van der Waals surface area contributed by atoms with Crippen molar-refractivity contribution in [1.29, 1.82) is 0 Å². The van der Waals surface area contributed by atoms with E-state index in [1.54, 1.807) is 31.2 Å². The normalized spacial score (nSPS) is 27.2. The average molecular weight is 491 g/mol. The minimum absolute atomic E-state index is 0.0375. The Labute approximate surface area is 207 Å². The third kappa shape index (κ3) is 3.45. The molecule has 0 radical (unpaired) electrons. The highest BCUT2D eigenvalue weighted by Crippen LogP contribution is 2.56. The maximum absolute atomic E-state index is 13.4. The molecule has 1 heterocycles. The first-order valence-corrected chi connectivity index (χ1v) is 11.8. The fourth-order valence-corrected chi connectivity index (χ4v) is 6.01. The number of ether oxygens (including phenoxy) is 2. The van der Waals surface area contributed by atoms with Crippen LogP contribution in [0.4, 0.5) is 4.79 Å². The molecule has 3 amide bonds. The standard InChI is InChI=1S/C27H25NO8/c1-13-11-19(30)23-18(24(13)31)12-17-14(21(23)15-5-3-4-6-20(15)36-10-9-29)7-8-16-22(17)26(33)28(25(16)32)27(34)35-2/h3-7,11,16-17,21-22,29H,8-10,12H2,1-2H3. The van der Waals surface area contributed by atoms with Gasteiger partial charge >= 0.3 is 6.09 Å². The van der Waals surface area contributed by atoms with E-state index in [1.807, 2.05) is 6.08 Å². The van der Waals surface area contributed by atoms with Crippen LogP contribution >= 0.6 is 0 Å². The van der Waals surface area contributed by atoms with E-state index in [4.69, 9.17) is 4.74 Å². The van der Waals surface area contributed by atoms with Crippen LogP contribution in [0.5, 0.6) is 5.75 Å². The van der Waals surface area contributed by atoms with Gasteiger partial charge in [-0.2, -0.15) is 4.90 Å². The monoisotopic (exact) mass is 491 g/mol. The number of rotatable bonds is 4. The van der Waals surface area contributed by atoms with E-state index < -0.39 is 41.6 Å². The summed E-state index contributed by atoms with van der Waals surface area (Å²) in [5, 5.41) is 9.29. The Kier molecular flexibility index (Phi) is 5.96. The molecule has 3 aliphatic carbocycles. The number of fused-ring (bicyclic) bond motifs is 3. The van der Waals surface area contributed by atoms with Crippen molar-refractivity contribution in [2.75, 3.05) is 20.3 Å². The molecule has 5 rings (SSSR count). The molecule has 0 bridgehead atoms. The maximum Gasteiger partial charge on any atom is 0.423 e. The Morgan fingerprint density at radius 2 is 1.86 bits per heavy atom. The summed E-state index contributed by atoms with van der Waals surface area (Å²) in [7, 11) is 1.10. The minimum Gasteiger partial charge on any atom is -0.491 e. The topological polar surface area (TPSA) is 127 Å². The largest absolute Gasteiger partial charge is 0.491 e. The van der Waals surface area contributed by atoms with Gasteiger partial charge in [-0.15, -0.1) is 0 Å². The molecule has 1 aliphatic heterocycles. The smallest absolute Gasteiger partial charge is 0.423 e. The number of aliphatic hydroxyl groups excluding tert-OH is 1. The van der Waals surface area contributed by atoms with E-state index in [-0.39, 0.29) is 37.6 Å². The van der Waals surface area contributed by atoms with Crippen molar-refractivity contribution in [3.8, 4) is 5.75 Å². The molecule has 4 aliphatic rings. The number of benzene rings is 1. The number of Topliss-reactive ketones (excluding diaryl/α,β-unsaturated/α-hetero) is 1. The molecule has 0 spiro atoms. The van der Waals surface area contributed by atoms with Gasteiger partial charge in [0.25, 0.3) is 0 Å². The van der Waals surface area contributed by atoms with Crippen molar-refractivity contribution in [3.63, 3.8) is 0 Å². The van der Waals surface area contributed by atoms with Gasteiger partial charge in [0.2, 0.25) is 11.8 Å². The highest BCUT2D eigenvalue weighted by molar-refractivity contribution is 6.24. The van der Waals surface area contributed by atoms with Gasteiger partial charge in [0.05, 0.1) is 25.6 Å². The number of para-hydroxylation sites is 1. The number of nitrogens with zero attached hydrogens (tertiary/aromatic N) is 1. The molecule has 4 unspecified atom stereocenters. The van der Waals surface area contributed by atoms with E-state index in [1.165, 1.54) is 6.08 Å². The molecule has 1 fully saturated rings. The first-order valence-electron chi connectivity index (χ1n) is 11.8. The lowest BCUT2D eigenvalue weighted by Crippen LogP contribution is -2.40. The van der Waals surface area contributed by atoms with Crippen molar-refractivity contribution in [1.82, 2.24) is 4.90 Å². The molecule has 0 aromatic heterocycles. The number of likely N-dealkylation sites (tertiary alicyclic amines) is 1. The van der Waals surface area contributed by atoms with Crippen LogP contribution in [0.15, 0.2) is 58.7 Å². The number of carbonyl (C=O) groups excluding carboxylic acids is 5. The third-order valence-corrected chi connectivity index (χ3v) is 7.50. The SMILES string of the molecule is COC(=O)N1C(=O)C2CC=C3C(c4ccccc4OCCO)C4=C(CC3C2C1=O)C(=O)C(C)=CC4=O. The molecule has 1 aromatic carbocycles. The van der Waals surface area contributed by atoms with Crippen LogP contribution in [0.1, 0.15) is 31.2 Å². The maximum atomic E-state index is 13.4. The van der Waals surface area contributed by atoms with Gasteiger partial charge in [-0.25, -0.2) is 4.79 Å². The zero-order valence-electron chi connectivity index (χ0n) is 19.9. The van der Waals surface area contributed by atoms with Crippen molar-refractivity contribution in [2.24, 2.45) is 17.8 Å². The predicted molar refractivity (Wildman–Crippen MR) is 125 cm³/mol. The van der Waals surface area contributed by atoms with Crippen molar-refractivity contribution < 1.29 is 38.6 Å². The second-order valence-electron chi connectivity index (χ2n) is 9.32. The molecule has 186 valence electrons. The van der Waals surface area contributed by atoms with Gasteiger partial charge in [0.1, 0.15) is 12.4 Å². The number of amides is 3. The lowest BCUT2D eigenvalue weighted by molar-refractivity contribution is -0.137. The molecule has 1 aromatic rings. The Morgan fingerprint density at radius 1 is 1.11 bits per heavy atom. The van der Waals surface area contributed by atoms with E-state index in [2.05, 4.69) is 4.74 Å². The number of hydrogen-bond acceptors (Lipinski definition) is 8. The number of allylic oxidation sites excluding steroid dienone is 6. The second-order valence-corrected chi connectivity index (χ2v) is 9.32. The van der Waals surface area contributed by atoms with Crippen LogP contribution in [0, 0.1) is 17.8 Å². The number of hydrogen-bond donors (Lipinski definition) is 1. The Balaban J connectivity index is 1.68. The highest BCUT2D eigenvalue weighted by atomic mass is 16.5. The molecule has 36 heavy (non-hydrogen) atoms. The number of carbonyl (C=O) groups is 5. The zero-order chi connectivity index (χ0) is 25.7. The fourth-order valence-electron chi connectivity index (χ4n) is 6.01. The first kappa shape index (κ1) is 23.9. The van der Waals surface area contributed by atoms with E-state index in [0.29, 0.717) is 32.9 Å². The van der Waals surface area contributed by atoms with Crippen molar-refractivity contribution >= 4 is 29.5 Å². The lowest BCUT2D eigenvalue weighted by atomic mass is 9.59. The highest BCUT2D eigenvalue weighted by Gasteiger charge is 2.58. The van der Waals surface area contributed by atoms with Gasteiger partial charge in [-0.3, -0.25) is 19.2 Å². The predicted octanol–water partition coefficient (Wildman–Crippen LogP) is 2.25. The summed E-state index contributed by atoms with van der Waals surface area (Å²) in [6.45, 7) is 1.41. The number of imide groups is 3. The zero-order valence-corrected chi connectivity index (χ0v) is 19.9. The summed E-state index contributed by atoms with van der Waals surface area (Å²) in [6.07, 6.45) is 2.49. The quantitative estimate of drug-likeness (QED) is 0.386. The molecule has 4 atom stereocenters. The van der Waals surface area contributed by atoms with E-state index in [9.17, 15) is 29.1 Å². The van der Waals surface area contributed by atoms with Crippen molar-refractivity contribution in [2.45, 2.75) is 25.7 Å². The summed E-state index contributed by atoms with van der Waals surface area (Å²) >= 11 is 0. The Morgan fingerprint density at radius 3 is 2.58 bits per heavy atom. The van der Waals surface area contributed by atoms with Crippen LogP contribution in [0.25, 0.3) is 0 Å². The molecular formula is C27H25NO8. The fraction of sp³-hybridized carbons (Fsp3) is 0.370. The van der Waals surface area contributed by atoms with Crippen molar-refractivity contribution in [3.05, 3.63) is 64.3 Å². The van der Waals surface area contributed by atoms with Gasteiger partial charge in [-0.05, 0) is 37.8 Å². The summed E-state index contributed by atoms with van der Waals surface area (Å²) < 4.78 is 10.4. The van der Waals surface area contributed by atoms with Crippen LogP contribution < -0.4 is 4.74 Å². The van der Waals surface area contributed by atoms with Gasteiger partial charge < -0.3 is 14.6 Å². The van der Waals surface area contributed by atoms with Gasteiger partial charge in [0, 0.05) is 28.2 Å². The van der Waals surface area contributed by atoms with Crippen LogP contribution in [-0.2, 0) is 23.9 Å². The lowest BCUT2D eigenvalue weighted by Gasteiger charge is -2.42. The number of aliphatic hydroxyl groups is 1. The molecule has 1 saturated heterocycles. The van der Waals surface area contributed by atoms with E-state index >= 15 is 0 Å². The molecule has 0 saturated carbocycles. The average Bonchev–Trinajstić information content (AvgIpc) is 3.14. The molecule has 9 heteroatoms. The van der Waals surface area contributed by atoms with Crippen LogP contribution in [0.3, 0.4) is 0 Å². The molecule has 9 nitrogen and oxygen atoms in total. The Hall–Kier alpha value is -3.85. The van der Waals surface area contributed by atoms with E-state index in [0.717, 1.165) is 12.7 Å². The van der Waals surface area contributed by atoms with Crippen LogP contribution in [-0.4, -0.2) is 59.8 Å². The first-order chi connectivity index (χ1) is 17.3.